The maximum absolute atomic E-state index is 12.5. The van der Waals surface area contributed by atoms with Gasteiger partial charge in [-0.3, -0.25) is 14.5 Å². The molecule has 144 valence electrons. The third-order valence-electron chi connectivity index (χ3n) is 4.34. The van der Waals surface area contributed by atoms with Crippen molar-refractivity contribution in [2.75, 3.05) is 30.8 Å². The van der Waals surface area contributed by atoms with Gasteiger partial charge in [0.05, 0.1) is 19.7 Å². The largest absolute Gasteiger partial charge is 0.497 e. The summed E-state index contributed by atoms with van der Waals surface area (Å²) in [6.45, 7) is 6.41. The molecule has 0 aromatic heterocycles. The van der Waals surface area contributed by atoms with Crippen molar-refractivity contribution in [2.24, 2.45) is 0 Å². The summed E-state index contributed by atoms with van der Waals surface area (Å²) < 4.78 is 5.10. The molecular formula is C21H27N3O3. The number of carbonyl (C=O) groups is 2. The van der Waals surface area contributed by atoms with E-state index < -0.39 is 6.04 Å². The van der Waals surface area contributed by atoms with E-state index >= 15 is 0 Å². The molecule has 0 saturated carbocycles. The highest BCUT2D eigenvalue weighted by atomic mass is 16.5. The van der Waals surface area contributed by atoms with Crippen LogP contribution in [0, 0.1) is 6.92 Å². The van der Waals surface area contributed by atoms with Crippen LogP contribution in [-0.2, 0) is 9.59 Å². The van der Waals surface area contributed by atoms with Gasteiger partial charge >= 0.3 is 0 Å². The predicted molar refractivity (Wildman–Crippen MR) is 108 cm³/mol. The van der Waals surface area contributed by atoms with Gasteiger partial charge < -0.3 is 15.4 Å². The minimum Gasteiger partial charge on any atom is -0.497 e. The molecule has 0 heterocycles. The molecule has 2 amide bonds. The van der Waals surface area contributed by atoms with Gasteiger partial charge in [-0.15, -0.1) is 0 Å². The summed E-state index contributed by atoms with van der Waals surface area (Å²) in [7, 11) is 1.59. The summed E-state index contributed by atoms with van der Waals surface area (Å²) in [6, 6.07) is 14.3. The van der Waals surface area contributed by atoms with E-state index in [-0.39, 0.29) is 18.4 Å². The second kappa shape index (κ2) is 9.73. The number of anilines is 2. The molecule has 0 unspecified atom stereocenters. The molecule has 0 spiro atoms. The van der Waals surface area contributed by atoms with Crippen LogP contribution < -0.4 is 15.4 Å². The smallest absolute Gasteiger partial charge is 0.241 e. The van der Waals surface area contributed by atoms with Gasteiger partial charge in [-0.25, -0.2) is 0 Å². The zero-order valence-corrected chi connectivity index (χ0v) is 16.3. The monoisotopic (exact) mass is 369 g/mol. The number of amides is 2. The summed E-state index contributed by atoms with van der Waals surface area (Å²) >= 11 is 0. The maximum atomic E-state index is 12.5. The number of hydrogen-bond donors (Lipinski definition) is 2. The van der Waals surface area contributed by atoms with Gasteiger partial charge in [-0.1, -0.05) is 19.1 Å². The molecule has 6 nitrogen and oxygen atoms in total. The number of aryl methyl sites for hydroxylation is 1. The van der Waals surface area contributed by atoms with Gasteiger partial charge in [0.1, 0.15) is 5.75 Å². The van der Waals surface area contributed by atoms with Gasteiger partial charge in [0.2, 0.25) is 11.8 Å². The van der Waals surface area contributed by atoms with E-state index in [1.165, 1.54) is 0 Å². The molecule has 2 aromatic carbocycles. The van der Waals surface area contributed by atoms with Crippen molar-refractivity contribution < 1.29 is 14.3 Å². The van der Waals surface area contributed by atoms with Crippen molar-refractivity contribution in [1.82, 2.24) is 4.90 Å². The highest BCUT2D eigenvalue weighted by Crippen LogP contribution is 2.15. The normalized spacial score (nSPS) is 11.7. The lowest BCUT2D eigenvalue weighted by atomic mass is 10.2. The Labute approximate surface area is 160 Å². The topological polar surface area (TPSA) is 70.7 Å². The molecule has 6 heteroatoms. The van der Waals surface area contributed by atoms with E-state index in [0.717, 1.165) is 17.0 Å². The summed E-state index contributed by atoms with van der Waals surface area (Å²) in [5.41, 5.74) is 2.52. The van der Waals surface area contributed by atoms with E-state index in [2.05, 4.69) is 10.6 Å². The van der Waals surface area contributed by atoms with Crippen LogP contribution in [0.3, 0.4) is 0 Å². The molecule has 2 N–H and O–H groups in total. The van der Waals surface area contributed by atoms with Crippen molar-refractivity contribution in [3.8, 4) is 5.75 Å². The molecule has 27 heavy (non-hydrogen) atoms. The van der Waals surface area contributed by atoms with Gasteiger partial charge in [0, 0.05) is 11.4 Å². The molecule has 0 radical (unpaired) electrons. The number of hydrogen-bond acceptors (Lipinski definition) is 4. The summed E-state index contributed by atoms with van der Waals surface area (Å²) in [5, 5.41) is 5.75. The molecule has 0 aliphatic heterocycles. The molecule has 1 atom stereocenters. The Balaban J connectivity index is 1.93. The van der Waals surface area contributed by atoms with E-state index in [0.29, 0.717) is 12.2 Å². The minimum atomic E-state index is -0.433. The number of carbonyl (C=O) groups excluding carboxylic acids is 2. The molecule has 0 saturated heterocycles. The van der Waals surface area contributed by atoms with E-state index in [1.807, 2.05) is 43.0 Å². The number of ether oxygens (including phenoxy) is 1. The van der Waals surface area contributed by atoms with Crippen molar-refractivity contribution in [2.45, 2.75) is 26.8 Å². The number of nitrogens with zero attached hydrogens (tertiary/aromatic N) is 1. The Hall–Kier alpha value is -2.86. The minimum absolute atomic E-state index is 0.130. The van der Waals surface area contributed by atoms with E-state index in [4.69, 9.17) is 4.74 Å². The van der Waals surface area contributed by atoms with Crippen LogP contribution in [-0.4, -0.2) is 43.0 Å². The fourth-order valence-electron chi connectivity index (χ4n) is 2.72. The molecule has 0 bridgehead atoms. The zero-order valence-electron chi connectivity index (χ0n) is 16.3. The lowest BCUT2D eigenvalue weighted by Crippen LogP contribution is -2.45. The second-order valence-electron chi connectivity index (χ2n) is 6.37. The van der Waals surface area contributed by atoms with Gasteiger partial charge in [0.25, 0.3) is 0 Å². The molecule has 2 rings (SSSR count). The van der Waals surface area contributed by atoms with Crippen LogP contribution in [0.2, 0.25) is 0 Å². The predicted octanol–water partition coefficient (Wildman–Crippen LogP) is 3.29. The van der Waals surface area contributed by atoms with E-state index in [9.17, 15) is 9.59 Å². The Bertz CT molecular complexity index is 774. The standard InChI is InChI=1S/C21H27N3O3/c1-5-24(14-20(25)22-17-9-11-19(27-4)12-10-17)16(3)21(26)23-18-8-6-7-15(2)13-18/h6-13,16H,5,14H2,1-4H3,(H,22,25)(H,23,26)/t16-/m1/s1. The van der Waals surface area contributed by atoms with E-state index in [1.54, 1.807) is 38.3 Å². The first-order valence-electron chi connectivity index (χ1n) is 8.98. The number of rotatable bonds is 8. The molecule has 2 aromatic rings. The highest BCUT2D eigenvalue weighted by Gasteiger charge is 2.22. The molecule has 0 aliphatic rings. The average Bonchev–Trinajstić information content (AvgIpc) is 2.66. The summed E-state index contributed by atoms with van der Waals surface area (Å²) in [4.78, 5) is 26.7. The maximum Gasteiger partial charge on any atom is 0.241 e. The van der Waals surface area contributed by atoms with Gasteiger partial charge in [0.15, 0.2) is 0 Å². The van der Waals surface area contributed by atoms with Crippen LogP contribution in [0.15, 0.2) is 48.5 Å². The number of benzene rings is 2. The van der Waals surface area contributed by atoms with Gasteiger partial charge in [-0.05, 0) is 62.4 Å². The number of nitrogens with one attached hydrogen (secondary N) is 2. The van der Waals surface area contributed by atoms with Crippen LogP contribution >= 0.6 is 0 Å². The third kappa shape index (κ3) is 6.11. The van der Waals surface area contributed by atoms with Crippen molar-refractivity contribution in [1.29, 1.82) is 0 Å². The highest BCUT2D eigenvalue weighted by molar-refractivity contribution is 5.96. The first-order valence-corrected chi connectivity index (χ1v) is 8.98. The Morgan fingerprint density at radius 1 is 1.07 bits per heavy atom. The van der Waals surface area contributed by atoms with Crippen LogP contribution in [0.4, 0.5) is 11.4 Å². The number of likely N-dealkylation sites (N-methyl/N-ethyl adjacent to an activating group) is 1. The van der Waals surface area contributed by atoms with Crippen molar-refractivity contribution in [3.05, 3.63) is 54.1 Å². The van der Waals surface area contributed by atoms with Crippen LogP contribution in [0.1, 0.15) is 19.4 Å². The molecule has 0 aliphatic carbocycles. The Morgan fingerprint density at radius 3 is 2.37 bits per heavy atom. The molecule has 0 fully saturated rings. The van der Waals surface area contributed by atoms with Gasteiger partial charge in [-0.2, -0.15) is 0 Å². The average molecular weight is 369 g/mol. The van der Waals surface area contributed by atoms with Crippen molar-refractivity contribution in [3.63, 3.8) is 0 Å². The zero-order chi connectivity index (χ0) is 19.8. The fourth-order valence-corrected chi connectivity index (χ4v) is 2.72. The van der Waals surface area contributed by atoms with Crippen LogP contribution in [0.25, 0.3) is 0 Å². The Morgan fingerprint density at radius 2 is 1.78 bits per heavy atom. The quantitative estimate of drug-likeness (QED) is 0.749. The Kier molecular flexibility index (Phi) is 7.37. The van der Waals surface area contributed by atoms with Crippen molar-refractivity contribution >= 4 is 23.2 Å². The second-order valence-corrected chi connectivity index (χ2v) is 6.37. The fraction of sp³-hybridized carbons (Fsp3) is 0.333. The first kappa shape index (κ1) is 20.5. The number of methoxy groups -OCH3 is 1. The summed E-state index contributed by atoms with van der Waals surface area (Å²) in [6.07, 6.45) is 0. The SMILES string of the molecule is CCN(CC(=O)Nc1ccc(OC)cc1)[C@H](C)C(=O)Nc1cccc(C)c1. The molecular weight excluding hydrogens is 342 g/mol. The first-order chi connectivity index (χ1) is 12.9. The summed E-state index contributed by atoms with van der Waals surface area (Å²) in [5.74, 6) is 0.418. The lowest BCUT2D eigenvalue weighted by Gasteiger charge is -2.26. The lowest BCUT2D eigenvalue weighted by molar-refractivity contribution is -0.123. The third-order valence-corrected chi connectivity index (χ3v) is 4.34. The van der Waals surface area contributed by atoms with Crippen LogP contribution in [0.5, 0.6) is 5.75 Å².